The number of phenolic OH excluding ortho intramolecular Hbond substituents is 1. The van der Waals surface area contributed by atoms with E-state index < -0.39 is 76.5 Å². The number of methoxy groups -OCH3 is 1. The lowest BCUT2D eigenvalue weighted by molar-refractivity contribution is -0.175. The van der Waals surface area contributed by atoms with Crippen molar-refractivity contribution in [2.24, 2.45) is 29.4 Å². The summed E-state index contributed by atoms with van der Waals surface area (Å²) < 4.78 is 10.5. The summed E-state index contributed by atoms with van der Waals surface area (Å²) in [6.07, 6.45) is -0.623. The number of primary amides is 1. The van der Waals surface area contributed by atoms with E-state index in [4.69, 9.17) is 15.2 Å². The highest BCUT2D eigenvalue weighted by atomic mass is 16.5. The number of hydrogen-bond acceptors (Lipinski definition) is 10. The van der Waals surface area contributed by atoms with Crippen molar-refractivity contribution in [3.63, 3.8) is 0 Å². The van der Waals surface area contributed by atoms with Gasteiger partial charge >= 0.3 is 5.97 Å². The highest BCUT2D eigenvalue weighted by Gasteiger charge is 2.66. The Morgan fingerprint density at radius 2 is 1.67 bits per heavy atom. The van der Waals surface area contributed by atoms with Gasteiger partial charge in [-0.1, -0.05) is 6.07 Å². The Morgan fingerprint density at radius 1 is 1.00 bits per heavy atom. The van der Waals surface area contributed by atoms with Crippen LogP contribution < -0.4 is 15.2 Å². The summed E-state index contributed by atoms with van der Waals surface area (Å²) in [5, 5.41) is 21.8. The molecule has 3 aliphatic rings. The predicted octanol–water partition coefficient (Wildman–Crippen LogP) is 0.484. The molecule has 2 saturated carbocycles. The molecule has 1 amide bonds. The van der Waals surface area contributed by atoms with Gasteiger partial charge in [-0.3, -0.25) is 28.8 Å². The lowest BCUT2D eigenvalue weighted by Crippen LogP contribution is -2.68. The molecule has 0 aromatic heterocycles. The Bertz CT molecular complexity index is 1440. The molecule has 5 rings (SSSR count). The number of benzene rings is 2. The SMILES string of the molecule is COc1ccc(OC(=O)Cc2ccc(O)c3c2C[C@H]2C[C@H]4CC(=O)C(C(N)=O)C(=O)[C@@]4(O)C(=O)C2C3=O)cc1. The van der Waals surface area contributed by atoms with Gasteiger partial charge < -0.3 is 25.4 Å². The molecule has 2 aromatic carbocycles. The molecule has 0 heterocycles. The van der Waals surface area contributed by atoms with Crippen molar-refractivity contribution < 1.29 is 48.5 Å². The maximum absolute atomic E-state index is 13.6. The fourth-order valence-electron chi connectivity index (χ4n) is 6.16. The quantitative estimate of drug-likeness (QED) is 0.276. The summed E-state index contributed by atoms with van der Waals surface area (Å²) in [6.45, 7) is 0. The van der Waals surface area contributed by atoms with Crippen LogP contribution in [0.4, 0.5) is 0 Å². The number of aliphatic hydroxyl groups is 1. The summed E-state index contributed by atoms with van der Waals surface area (Å²) in [5.41, 5.74) is 3.07. The predicted molar refractivity (Wildman–Crippen MR) is 131 cm³/mol. The molecule has 2 unspecified atom stereocenters. The zero-order chi connectivity index (χ0) is 28.2. The molecule has 5 atom stereocenters. The molecule has 11 heteroatoms. The van der Waals surface area contributed by atoms with E-state index in [9.17, 15) is 39.0 Å². The van der Waals surface area contributed by atoms with Crippen LogP contribution in [0.15, 0.2) is 36.4 Å². The number of Topliss-reactive ketones (excluding diaryl/α,β-unsaturated/α-hetero) is 4. The first-order valence-electron chi connectivity index (χ1n) is 12.3. The van der Waals surface area contributed by atoms with Gasteiger partial charge in [-0.05, 0) is 60.2 Å². The second kappa shape index (κ2) is 9.42. The molecular weight excluding hydrogens is 510 g/mol. The number of nitrogens with two attached hydrogens (primary N) is 1. The number of amides is 1. The van der Waals surface area contributed by atoms with Gasteiger partial charge in [-0.2, -0.15) is 0 Å². The van der Waals surface area contributed by atoms with Crippen LogP contribution in [-0.4, -0.2) is 57.9 Å². The van der Waals surface area contributed by atoms with E-state index in [0.29, 0.717) is 16.9 Å². The molecule has 0 saturated heterocycles. The molecule has 0 bridgehead atoms. The smallest absolute Gasteiger partial charge is 0.315 e. The van der Waals surface area contributed by atoms with E-state index in [2.05, 4.69) is 0 Å². The molecule has 202 valence electrons. The fourth-order valence-corrected chi connectivity index (χ4v) is 6.16. The number of fused-ring (bicyclic) bond motifs is 3. The number of esters is 1. The lowest BCUT2D eigenvalue weighted by Gasteiger charge is -2.48. The number of aromatic hydroxyl groups is 1. The lowest BCUT2D eigenvalue weighted by atomic mass is 9.53. The Labute approximate surface area is 221 Å². The van der Waals surface area contributed by atoms with Crippen LogP contribution in [0.3, 0.4) is 0 Å². The minimum atomic E-state index is -2.71. The van der Waals surface area contributed by atoms with Crippen molar-refractivity contribution in [3.8, 4) is 17.2 Å². The van der Waals surface area contributed by atoms with Crippen LogP contribution in [0.5, 0.6) is 17.2 Å². The standard InChI is InChI=1S/C28H25NO10/c1-38-15-3-5-16(6-4-15)39-20(32)10-12-2-7-18(30)22-17(12)9-13-8-14-11-19(31)23(27(29)36)26(35)28(14,37)25(34)21(13)24(22)33/h2-7,13-14,21,23,30,37H,8-11H2,1H3,(H2,29,36)/t13-,14+,21?,23?,28+/m1/s1. The number of carbonyl (C=O) groups excluding carboxylic acids is 6. The van der Waals surface area contributed by atoms with Crippen molar-refractivity contribution in [2.45, 2.75) is 31.3 Å². The summed E-state index contributed by atoms with van der Waals surface area (Å²) >= 11 is 0. The van der Waals surface area contributed by atoms with Gasteiger partial charge in [0.1, 0.15) is 17.2 Å². The second-order valence-corrected chi connectivity index (χ2v) is 10.2. The van der Waals surface area contributed by atoms with Crippen LogP contribution in [0.1, 0.15) is 34.3 Å². The minimum absolute atomic E-state index is 0.0353. The van der Waals surface area contributed by atoms with Crippen molar-refractivity contribution in [1.82, 2.24) is 0 Å². The molecule has 0 radical (unpaired) electrons. The van der Waals surface area contributed by atoms with Crippen LogP contribution in [-0.2, 0) is 36.8 Å². The zero-order valence-corrected chi connectivity index (χ0v) is 20.8. The highest BCUT2D eigenvalue weighted by Crippen LogP contribution is 2.50. The van der Waals surface area contributed by atoms with Crippen molar-refractivity contribution in [3.05, 3.63) is 53.1 Å². The molecule has 0 spiro atoms. The third-order valence-electron chi connectivity index (χ3n) is 8.01. The van der Waals surface area contributed by atoms with E-state index in [1.165, 1.54) is 19.2 Å². The number of carbonyl (C=O) groups is 6. The maximum atomic E-state index is 13.6. The largest absolute Gasteiger partial charge is 0.507 e. The molecule has 2 aromatic rings. The van der Waals surface area contributed by atoms with E-state index in [1.54, 1.807) is 24.3 Å². The van der Waals surface area contributed by atoms with Gasteiger partial charge in [0.15, 0.2) is 34.7 Å². The van der Waals surface area contributed by atoms with Gasteiger partial charge in [0.25, 0.3) is 0 Å². The van der Waals surface area contributed by atoms with Crippen LogP contribution in [0, 0.1) is 23.7 Å². The zero-order valence-electron chi connectivity index (χ0n) is 20.8. The Morgan fingerprint density at radius 3 is 2.31 bits per heavy atom. The monoisotopic (exact) mass is 535 g/mol. The summed E-state index contributed by atoms with van der Waals surface area (Å²) in [5.74, 6) is -10.7. The molecule has 0 aliphatic heterocycles. The summed E-state index contributed by atoms with van der Waals surface area (Å²) in [4.78, 5) is 77.0. The maximum Gasteiger partial charge on any atom is 0.315 e. The normalized spacial score (nSPS) is 27.7. The fraction of sp³-hybridized carbons (Fsp3) is 0.357. The number of hydrogen-bond donors (Lipinski definition) is 3. The number of phenols is 1. The first kappa shape index (κ1) is 26.2. The molecule has 2 fully saturated rings. The third kappa shape index (κ3) is 4.09. The molecule has 4 N–H and O–H groups in total. The highest BCUT2D eigenvalue weighted by molar-refractivity contribution is 6.31. The topological polar surface area (TPSA) is 187 Å². The van der Waals surface area contributed by atoms with Gasteiger partial charge in [0.05, 0.1) is 25.0 Å². The van der Waals surface area contributed by atoms with E-state index >= 15 is 0 Å². The summed E-state index contributed by atoms with van der Waals surface area (Å²) in [7, 11) is 1.50. The number of ketones is 4. The van der Waals surface area contributed by atoms with E-state index in [1.807, 2.05) is 0 Å². The first-order valence-corrected chi connectivity index (χ1v) is 12.3. The Kier molecular flexibility index (Phi) is 6.34. The van der Waals surface area contributed by atoms with Gasteiger partial charge in [-0.25, -0.2) is 0 Å². The van der Waals surface area contributed by atoms with Crippen LogP contribution >= 0.6 is 0 Å². The van der Waals surface area contributed by atoms with Crippen molar-refractivity contribution in [1.29, 1.82) is 0 Å². The Hall–Kier alpha value is -4.38. The van der Waals surface area contributed by atoms with Gasteiger partial charge in [0, 0.05) is 12.3 Å². The molecular formula is C28H25NO10. The summed E-state index contributed by atoms with van der Waals surface area (Å²) in [6, 6.07) is 9.08. The third-order valence-corrected chi connectivity index (χ3v) is 8.01. The minimum Gasteiger partial charge on any atom is -0.507 e. The average Bonchev–Trinajstić information content (AvgIpc) is 2.88. The first-order chi connectivity index (χ1) is 18.5. The molecule has 3 aliphatic carbocycles. The Balaban J connectivity index is 1.45. The second-order valence-electron chi connectivity index (χ2n) is 10.2. The van der Waals surface area contributed by atoms with Crippen molar-refractivity contribution in [2.75, 3.05) is 7.11 Å². The number of rotatable bonds is 5. The van der Waals surface area contributed by atoms with Gasteiger partial charge in [0.2, 0.25) is 5.91 Å². The van der Waals surface area contributed by atoms with E-state index in [0.717, 1.165) is 0 Å². The van der Waals surface area contributed by atoms with Crippen LogP contribution in [0.2, 0.25) is 0 Å². The molecule has 11 nitrogen and oxygen atoms in total. The van der Waals surface area contributed by atoms with Crippen molar-refractivity contribution >= 4 is 35.0 Å². The molecule has 39 heavy (non-hydrogen) atoms. The van der Waals surface area contributed by atoms with E-state index in [-0.39, 0.29) is 30.6 Å². The van der Waals surface area contributed by atoms with Crippen LogP contribution in [0.25, 0.3) is 0 Å². The number of ether oxygens (including phenoxy) is 2. The average molecular weight is 536 g/mol. The van der Waals surface area contributed by atoms with Gasteiger partial charge in [-0.15, -0.1) is 0 Å².